The zero-order chi connectivity index (χ0) is 14.7. The minimum Gasteiger partial charge on any atom is -0.486 e. The summed E-state index contributed by atoms with van der Waals surface area (Å²) >= 11 is 1.14. The number of thiazole rings is 1. The molecule has 116 valence electrons. The first-order valence-electron chi connectivity index (χ1n) is 5.92. The average molecular weight is 335 g/mol. The van der Waals surface area contributed by atoms with Crippen LogP contribution in [0.5, 0.6) is 5.06 Å². The number of nitrogen functional groups attached to an aromatic ring is 1. The molecule has 1 fully saturated rings. The molecule has 0 spiro atoms. The Labute approximate surface area is 130 Å². The number of aromatic nitrogens is 1. The van der Waals surface area contributed by atoms with Crippen molar-refractivity contribution in [2.75, 3.05) is 12.8 Å². The highest BCUT2D eigenvalue weighted by molar-refractivity contribution is 7.17. The van der Waals surface area contributed by atoms with Crippen molar-refractivity contribution in [3.63, 3.8) is 0 Å². The number of imide groups is 1. The maximum Gasteiger partial charge on any atom is 0.249 e. The van der Waals surface area contributed by atoms with Crippen molar-refractivity contribution in [3.8, 4) is 5.06 Å². The summed E-state index contributed by atoms with van der Waals surface area (Å²) in [6.07, 6.45) is 0.477. The summed E-state index contributed by atoms with van der Waals surface area (Å²) in [5.74, 6) is -1.18. The van der Waals surface area contributed by atoms with Gasteiger partial charge in [0.15, 0.2) is 10.2 Å². The lowest BCUT2D eigenvalue weighted by atomic mass is 10.1. The van der Waals surface area contributed by atoms with Crippen molar-refractivity contribution < 1.29 is 19.1 Å². The van der Waals surface area contributed by atoms with Gasteiger partial charge in [-0.2, -0.15) is 0 Å². The molecule has 0 radical (unpaired) electrons. The quantitative estimate of drug-likeness (QED) is 0.645. The molecule has 1 saturated heterocycles. The molecule has 21 heavy (non-hydrogen) atoms. The Bertz CT molecular complexity index is 562. The molecule has 0 saturated carbocycles. The molecule has 10 heteroatoms. The van der Waals surface area contributed by atoms with Gasteiger partial charge in [-0.25, -0.2) is 4.98 Å². The molecule has 2 rings (SSSR count). The number of halogens is 1. The molecule has 1 aromatic rings. The molecule has 0 aromatic carbocycles. The third kappa shape index (κ3) is 4.30. The molecule has 8 nitrogen and oxygen atoms in total. The molecule has 4 N–H and O–H groups in total. The smallest absolute Gasteiger partial charge is 0.249 e. The molecule has 1 aliphatic rings. The summed E-state index contributed by atoms with van der Waals surface area (Å²) in [6, 6.07) is -0.692. The van der Waals surface area contributed by atoms with Gasteiger partial charge in [-0.15, -0.1) is 12.4 Å². The lowest BCUT2D eigenvalue weighted by Gasteiger charge is -2.21. The van der Waals surface area contributed by atoms with E-state index in [1.165, 1.54) is 7.11 Å². The number of hydrogen-bond acceptors (Lipinski definition) is 7. The summed E-state index contributed by atoms with van der Waals surface area (Å²) in [7, 11) is 1.47. The van der Waals surface area contributed by atoms with Crippen molar-refractivity contribution >= 4 is 46.6 Å². The lowest BCUT2D eigenvalue weighted by Crippen LogP contribution is -2.52. The summed E-state index contributed by atoms with van der Waals surface area (Å²) in [6.45, 7) is 0. The van der Waals surface area contributed by atoms with E-state index in [0.717, 1.165) is 11.3 Å². The van der Waals surface area contributed by atoms with Crippen LogP contribution in [0.15, 0.2) is 0 Å². The normalized spacial score (nSPS) is 17.7. The van der Waals surface area contributed by atoms with Gasteiger partial charge in [-0.3, -0.25) is 19.7 Å². The fourth-order valence-corrected chi connectivity index (χ4v) is 2.52. The second-order valence-electron chi connectivity index (χ2n) is 4.24. The summed E-state index contributed by atoms with van der Waals surface area (Å²) in [5, 5.41) is 5.52. The van der Waals surface area contributed by atoms with Crippen molar-refractivity contribution in [2.45, 2.75) is 25.3 Å². The van der Waals surface area contributed by atoms with Crippen LogP contribution in [-0.2, 0) is 20.8 Å². The fraction of sp³-hybridized carbons (Fsp3) is 0.455. The van der Waals surface area contributed by atoms with Gasteiger partial charge < -0.3 is 15.8 Å². The molecular formula is C11H15ClN4O4S. The van der Waals surface area contributed by atoms with Gasteiger partial charge in [-0.1, -0.05) is 11.3 Å². The van der Waals surface area contributed by atoms with Crippen LogP contribution in [0.1, 0.15) is 18.5 Å². The van der Waals surface area contributed by atoms with E-state index in [9.17, 15) is 14.4 Å². The van der Waals surface area contributed by atoms with Gasteiger partial charge >= 0.3 is 0 Å². The Kier molecular flexibility index (Phi) is 5.91. The van der Waals surface area contributed by atoms with Gasteiger partial charge in [0.05, 0.1) is 13.5 Å². The van der Waals surface area contributed by atoms with Crippen LogP contribution in [0.3, 0.4) is 0 Å². The van der Waals surface area contributed by atoms with Crippen molar-refractivity contribution in [2.24, 2.45) is 0 Å². The third-order valence-electron chi connectivity index (χ3n) is 2.77. The highest BCUT2D eigenvalue weighted by Crippen LogP contribution is 2.28. The first kappa shape index (κ1) is 17.2. The SMILES string of the molecule is COc1sc(N)nc1CC(=O)NC1CCC(=O)NC1=O.Cl. The molecule has 0 bridgehead atoms. The van der Waals surface area contributed by atoms with E-state index in [2.05, 4.69) is 15.6 Å². The Morgan fingerprint density at radius 3 is 2.90 bits per heavy atom. The largest absolute Gasteiger partial charge is 0.486 e. The monoisotopic (exact) mass is 334 g/mol. The second-order valence-corrected chi connectivity index (χ2v) is 5.23. The topological polar surface area (TPSA) is 123 Å². The van der Waals surface area contributed by atoms with E-state index in [0.29, 0.717) is 22.3 Å². The second kappa shape index (κ2) is 7.23. The van der Waals surface area contributed by atoms with E-state index in [1.807, 2.05) is 0 Å². The van der Waals surface area contributed by atoms with Crippen LogP contribution in [0.25, 0.3) is 0 Å². The van der Waals surface area contributed by atoms with Gasteiger partial charge in [0.25, 0.3) is 0 Å². The number of nitrogens with one attached hydrogen (secondary N) is 2. The van der Waals surface area contributed by atoms with E-state index in [4.69, 9.17) is 10.5 Å². The predicted molar refractivity (Wildman–Crippen MR) is 78.3 cm³/mol. The number of piperidine rings is 1. The molecular weight excluding hydrogens is 320 g/mol. The molecule has 1 unspecified atom stereocenters. The van der Waals surface area contributed by atoms with E-state index in [1.54, 1.807) is 0 Å². The molecule has 0 aliphatic carbocycles. The number of rotatable bonds is 4. The number of methoxy groups -OCH3 is 1. The molecule has 1 aliphatic heterocycles. The summed E-state index contributed by atoms with van der Waals surface area (Å²) in [4.78, 5) is 38.4. The third-order valence-corrected chi connectivity index (χ3v) is 3.65. The Balaban J connectivity index is 0.00000220. The van der Waals surface area contributed by atoms with Crippen LogP contribution < -0.4 is 21.1 Å². The first-order valence-corrected chi connectivity index (χ1v) is 6.73. The van der Waals surface area contributed by atoms with Gasteiger partial charge in [0.2, 0.25) is 17.7 Å². The Morgan fingerprint density at radius 1 is 1.57 bits per heavy atom. The van der Waals surface area contributed by atoms with Crippen LogP contribution in [0.2, 0.25) is 0 Å². The van der Waals surface area contributed by atoms with Crippen molar-refractivity contribution in [1.82, 2.24) is 15.6 Å². The number of nitrogens with zero attached hydrogens (tertiary/aromatic N) is 1. The van der Waals surface area contributed by atoms with Crippen LogP contribution in [-0.4, -0.2) is 35.9 Å². The number of amides is 3. The Hall–Kier alpha value is -1.87. The maximum absolute atomic E-state index is 11.9. The average Bonchev–Trinajstić information content (AvgIpc) is 2.73. The zero-order valence-corrected chi connectivity index (χ0v) is 12.8. The van der Waals surface area contributed by atoms with E-state index >= 15 is 0 Å². The minimum absolute atomic E-state index is 0. The predicted octanol–water partition coefficient (Wildman–Crippen LogP) is -0.380. The molecule has 3 amide bonds. The van der Waals surface area contributed by atoms with Gasteiger partial charge in [0, 0.05) is 6.42 Å². The molecule has 1 aromatic heterocycles. The minimum atomic E-state index is -0.692. The van der Waals surface area contributed by atoms with Crippen molar-refractivity contribution in [1.29, 1.82) is 0 Å². The van der Waals surface area contributed by atoms with Crippen LogP contribution in [0, 0.1) is 0 Å². The maximum atomic E-state index is 11.9. The number of carbonyl (C=O) groups is 3. The standard InChI is InChI=1S/C11H14N4O4S.ClH/c1-19-10-6(14-11(12)20-10)4-8(17)13-5-2-3-7(16)15-9(5)18;/h5H,2-4H2,1H3,(H2,12,14)(H,13,17)(H,15,16,18);1H. The number of anilines is 1. The summed E-state index contributed by atoms with van der Waals surface area (Å²) in [5.41, 5.74) is 5.98. The van der Waals surface area contributed by atoms with Gasteiger partial charge in [-0.05, 0) is 6.42 Å². The number of nitrogens with two attached hydrogens (primary N) is 1. The van der Waals surface area contributed by atoms with Crippen molar-refractivity contribution in [3.05, 3.63) is 5.69 Å². The number of ether oxygens (including phenoxy) is 1. The Morgan fingerprint density at radius 2 is 2.29 bits per heavy atom. The van der Waals surface area contributed by atoms with E-state index < -0.39 is 11.9 Å². The van der Waals surface area contributed by atoms with Crippen LogP contribution >= 0.6 is 23.7 Å². The molecule has 2 heterocycles. The van der Waals surface area contributed by atoms with E-state index in [-0.39, 0.29) is 37.1 Å². The van der Waals surface area contributed by atoms with Gasteiger partial charge in [0.1, 0.15) is 11.7 Å². The highest BCUT2D eigenvalue weighted by Gasteiger charge is 2.28. The fourth-order valence-electron chi connectivity index (χ4n) is 1.86. The zero-order valence-electron chi connectivity index (χ0n) is 11.2. The molecule has 1 atom stereocenters. The number of hydrogen-bond donors (Lipinski definition) is 3. The highest BCUT2D eigenvalue weighted by atomic mass is 35.5. The summed E-state index contributed by atoms with van der Waals surface area (Å²) < 4.78 is 5.06. The first-order chi connectivity index (χ1) is 9.49. The van der Waals surface area contributed by atoms with Crippen LogP contribution in [0.4, 0.5) is 5.13 Å². The lowest BCUT2D eigenvalue weighted by molar-refractivity contribution is -0.137. The number of carbonyl (C=O) groups excluding carboxylic acids is 3.